The van der Waals surface area contributed by atoms with E-state index in [0.717, 1.165) is 5.69 Å². The van der Waals surface area contributed by atoms with Gasteiger partial charge in [-0.2, -0.15) is 0 Å². The average Bonchev–Trinajstić information content (AvgIpc) is 3.27. The van der Waals surface area contributed by atoms with Crippen molar-refractivity contribution in [2.75, 3.05) is 5.32 Å². The van der Waals surface area contributed by atoms with E-state index in [0.29, 0.717) is 21.9 Å². The molecule has 2 amide bonds. The Morgan fingerprint density at radius 1 is 0.889 bits per heavy atom. The lowest BCUT2D eigenvalue weighted by Gasteiger charge is -2.13. The van der Waals surface area contributed by atoms with E-state index in [1.54, 1.807) is 36.4 Å². The van der Waals surface area contributed by atoms with Gasteiger partial charge >= 0.3 is 0 Å². The minimum absolute atomic E-state index is 0.0712. The number of carbonyl (C=O) groups excluding carboxylic acids is 2. The van der Waals surface area contributed by atoms with E-state index >= 15 is 0 Å². The van der Waals surface area contributed by atoms with Gasteiger partial charge in [-0.3, -0.25) is 14.5 Å². The van der Waals surface area contributed by atoms with Crippen molar-refractivity contribution in [1.29, 1.82) is 0 Å². The number of nitrogens with zero attached hydrogens (tertiary/aromatic N) is 1. The lowest BCUT2D eigenvalue weighted by molar-refractivity contribution is -0.137. The first-order valence-corrected chi connectivity index (χ1v) is 8.72. The third-order valence-corrected chi connectivity index (χ3v) is 4.49. The summed E-state index contributed by atoms with van der Waals surface area (Å²) in [6, 6.07) is 19.5. The molecule has 3 aromatic rings. The topological polar surface area (TPSA) is 62.6 Å². The fourth-order valence-corrected chi connectivity index (χ4v) is 3.07. The smallest absolute Gasteiger partial charge is 0.278 e. The summed E-state index contributed by atoms with van der Waals surface area (Å²) in [7, 11) is 0. The second-order valence-corrected chi connectivity index (χ2v) is 6.46. The molecular weight excluding hydrogens is 364 g/mol. The fraction of sp³-hybridized carbons (Fsp3) is 0.0476. The Hall–Kier alpha value is -3.31. The molecule has 0 unspecified atom stereocenters. The van der Waals surface area contributed by atoms with Crippen LogP contribution >= 0.6 is 11.6 Å². The van der Waals surface area contributed by atoms with Gasteiger partial charge in [-0.15, -0.1) is 0 Å². The second kappa shape index (κ2) is 7.13. The summed E-state index contributed by atoms with van der Waals surface area (Å²) in [4.78, 5) is 27.2. The number of imide groups is 1. The van der Waals surface area contributed by atoms with Gasteiger partial charge in [0.15, 0.2) is 0 Å². The molecule has 2 heterocycles. The SMILES string of the molecule is O=C1C(Nc2ccccc2)=C(c2ccc(Cl)cc2)C(=O)N1Cc1ccco1. The van der Waals surface area contributed by atoms with Crippen molar-refractivity contribution in [2.24, 2.45) is 0 Å². The Kier molecular flexibility index (Phi) is 4.52. The molecule has 6 heteroatoms. The summed E-state index contributed by atoms with van der Waals surface area (Å²) < 4.78 is 5.30. The average molecular weight is 379 g/mol. The highest BCUT2D eigenvalue weighted by atomic mass is 35.5. The van der Waals surface area contributed by atoms with Crippen LogP contribution in [0.4, 0.5) is 5.69 Å². The Balaban J connectivity index is 1.75. The molecule has 5 nitrogen and oxygen atoms in total. The number of carbonyl (C=O) groups is 2. The first-order chi connectivity index (χ1) is 13.1. The summed E-state index contributed by atoms with van der Waals surface area (Å²) in [5, 5.41) is 3.65. The highest BCUT2D eigenvalue weighted by Crippen LogP contribution is 2.32. The van der Waals surface area contributed by atoms with Gasteiger partial charge in [-0.1, -0.05) is 41.9 Å². The highest BCUT2D eigenvalue weighted by molar-refractivity contribution is 6.36. The molecule has 27 heavy (non-hydrogen) atoms. The van der Waals surface area contributed by atoms with Gasteiger partial charge in [0.25, 0.3) is 11.8 Å². The van der Waals surface area contributed by atoms with E-state index in [-0.39, 0.29) is 18.1 Å². The fourth-order valence-electron chi connectivity index (χ4n) is 2.94. The minimum Gasteiger partial charge on any atom is -0.467 e. The number of benzene rings is 2. The predicted octanol–water partition coefficient (Wildman–Crippen LogP) is 4.33. The molecule has 0 saturated carbocycles. The Labute approximate surface area is 160 Å². The molecule has 1 N–H and O–H groups in total. The maximum absolute atomic E-state index is 13.1. The van der Waals surface area contributed by atoms with Crippen LogP contribution in [0.3, 0.4) is 0 Å². The molecular formula is C21H15ClN2O3. The van der Waals surface area contributed by atoms with Crippen molar-refractivity contribution in [3.63, 3.8) is 0 Å². The van der Waals surface area contributed by atoms with Crippen LogP contribution in [0.2, 0.25) is 5.02 Å². The molecule has 2 aromatic carbocycles. The number of rotatable bonds is 5. The summed E-state index contributed by atoms with van der Waals surface area (Å²) in [5.74, 6) is -0.240. The number of nitrogens with one attached hydrogen (secondary N) is 1. The lowest BCUT2D eigenvalue weighted by atomic mass is 10.0. The van der Waals surface area contributed by atoms with Gasteiger partial charge in [0.1, 0.15) is 11.5 Å². The third-order valence-electron chi connectivity index (χ3n) is 4.24. The molecule has 134 valence electrons. The maximum Gasteiger partial charge on any atom is 0.278 e. The van der Waals surface area contributed by atoms with E-state index in [1.165, 1.54) is 11.2 Å². The van der Waals surface area contributed by atoms with E-state index in [1.807, 2.05) is 30.3 Å². The van der Waals surface area contributed by atoms with Crippen LogP contribution in [0, 0.1) is 0 Å². The van der Waals surface area contributed by atoms with Gasteiger partial charge in [0.2, 0.25) is 0 Å². The molecule has 1 aliphatic rings. The summed E-state index contributed by atoms with van der Waals surface area (Å²) in [6.07, 6.45) is 1.51. The van der Waals surface area contributed by atoms with Crippen molar-refractivity contribution in [3.8, 4) is 0 Å². The Morgan fingerprint density at radius 3 is 2.30 bits per heavy atom. The van der Waals surface area contributed by atoms with E-state index in [4.69, 9.17) is 16.0 Å². The van der Waals surface area contributed by atoms with Crippen LogP contribution in [0.1, 0.15) is 11.3 Å². The normalized spacial score (nSPS) is 14.2. The summed E-state index contributed by atoms with van der Waals surface area (Å²) >= 11 is 5.97. The quantitative estimate of drug-likeness (QED) is 0.671. The molecule has 1 aliphatic heterocycles. The van der Waals surface area contributed by atoms with E-state index in [2.05, 4.69) is 5.32 Å². The van der Waals surface area contributed by atoms with Crippen molar-refractivity contribution in [3.05, 3.63) is 95.0 Å². The van der Waals surface area contributed by atoms with Crippen molar-refractivity contribution < 1.29 is 14.0 Å². The van der Waals surface area contributed by atoms with Gasteiger partial charge in [-0.05, 0) is 42.0 Å². The van der Waals surface area contributed by atoms with Crippen molar-refractivity contribution in [1.82, 2.24) is 4.90 Å². The molecule has 1 aromatic heterocycles. The van der Waals surface area contributed by atoms with Gasteiger partial charge in [0, 0.05) is 10.7 Å². The van der Waals surface area contributed by atoms with Crippen LogP contribution < -0.4 is 5.32 Å². The third kappa shape index (κ3) is 3.37. The predicted molar refractivity (Wildman–Crippen MR) is 103 cm³/mol. The molecule has 0 atom stereocenters. The number of halogens is 1. The van der Waals surface area contributed by atoms with Crippen LogP contribution in [0.5, 0.6) is 0 Å². The number of anilines is 1. The maximum atomic E-state index is 13.1. The number of hydrogen-bond acceptors (Lipinski definition) is 4. The first kappa shape index (κ1) is 17.1. The molecule has 0 spiro atoms. The summed E-state index contributed by atoms with van der Waals surface area (Å²) in [5.41, 5.74) is 1.89. The number of para-hydroxylation sites is 1. The zero-order valence-corrected chi connectivity index (χ0v) is 14.9. The number of furan rings is 1. The summed E-state index contributed by atoms with van der Waals surface area (Å²) in [6.45, 7) is 0.0712. The van der Waals surface area contributed by atoms with Crippen LogP contribution in [-0.4, -0.2) is 16.7 Å². The Bertz CT molecular complexity index is 1010. The van der Waals surface area contributed by atoms with Crippen LogP contribution in [0.25, 0.3) is 5.57 Å². The molecule has 0 aliphatic carbocycles. The zero-order valence-electron chi connectivity index (χ0n) is 14.2. The van der Waals surface area contributed by atoms with Gasteiger partial charge in [-0.25, -0.2) is 0 Å². The van der Waals surface area contributed by atoms with Crippen molar-refractivity contribution >= 4 is 34.7 Å². The first-order valence-electron chi connectivity index (χ1n) is 8.34. The Morgan fingerprint density at radius 2 is 1.63 bits per heavy atom. The zero-order chi connectivity index (χ0) is 18.8. The minimum atomic E-state index is -0.398. The van der Waals surface area contributed by atoms with Gasteiger partial charge < -0.3 is 9.73 Å². The number of amides is 2. The highest BCUT2D eigenvalue weighted by Gasteiger charge is 2.39. The molecule has 0 fully saturated rings. The van der Waals surface area contributed by atoms with Crippen molar-refractivity contribution in [2.45, 2.75) is 6.54 Å². The number of hydrogen-bond donors (Lipinski definition) is 1. The van der Waals surface area contributed by atoms with Crippen LogP contribution in [0.15, 0.2) is 83.1 Å². The molecule has 0 saturated heterocycles. The molecule has 0 bridgehead atoms. The standard InChI is InChI=1S/C21H15ClN2O3/c22-15-10-8-14(9-11-15)18-19(23-16-5-2-1-3-6-16)21(26)24(20(18)25)13-17-7-4-12-27-17/h1-12,23H,13H2. The molecule has 0 radical (unpaired) electrons. The monoisotopic (exact) mass is 378 g/mol. The molecule has 4 rings (SSSR count). The van der Waals surface area contributed by atoms with E-state index < -0.39 is 5.91 Å². The van der Waals surface area contributed by atoms with E-state index in [9.17, 15) is 9.59 Å². The second-order valence-electron chi connectivity index (χ2n) is 6.02. The largest absolute Gasteiger partial charge is 0.467 e. The van der Waals surface area contributed by atoms with Gasteiger partial charge in [0.05, 0.1) is 18.4 Å². The lowest BCUT2D eigenvalue weighted by Crippen LogP contribution is -2.31. The van der Waals surface area contributed by atoms with Crippen LogP contribution in [-0.2, 0) is 16.1 Å².